The molecule has 1 aliphatic rings. The molecule has 25 heavy (non-hydrogen) atoms. The van der Waals surface area contributed by atoms with Gasteiger partial charge in [0.1, 0.15) is 17.4 Å². The Balaban J connectivity index is 1.81. The summed E-state index contributed by atoms with van der Waals surface area (Å²) >= 11 is 6.01. The van der Waals surface area contributed by atoms with Crippen LogP contribution in [0.1, 0.15) is 17.2 Å². The van der Waals surface area contributed by atoms with Gasteiger partial charge in [0, 0.05) is 24.7 Å². The molecule has 3 rings (SSSR count). The molecule has 0 aliphatic carbocycles. The highest BCUT2D eigenvalue weighted by atomic mass is 35.5. The molecule has 4 nitrogen and oxygen atoms in total. The van der Waals surface area contributed by atoms with E-state index in [1.807, 2.05) is 30.3 Å². The second-order valence-corrected chi connectivity index (χ2v) is 6.31. The van der Waals surface area contributed by atoms with E-state index in [4.69, 9.17) is 16.3 Å². The molecule has 1 saturated heterocycles. The smallest absolute Gasteiger partial charge is 0.143 e. The predicted octanol–water partition coefficient (Wildman–Crippen LogP) is 3.84. The fourth-order valence-corrected chi connectivity index (χ4v) is 3.15. The van der Waals surface area contributed by atoms with Crippen molar-refractivity contribution in [1.29, 1.82) is 5.26 Å². The van der Waals surface area contributed by atoms with Gasteiger partial charge in [-0.25, -0.2) is 4.39 Å². The number of hydrogen-bond acceptors (Lipinski definition) is 4. The SMILES string of the molecule is N#Cc1c(F)cccc1NCC(c1ccc(Cl)cc1)N1CCOCC1. The zero-order valence-electron chi connectivity index (χ0n) is 13.7. The Morgan fingerprint density at radius 3 is 2.60 bits per heavy atom. The van der Waals surface area contributed by atoms with Gasteiger partial charge in [-0.1, -0.05) is 29.8 Å². The van der Waals surface area contributed by atoms with Crippen molar-refractivity contribution in [3.05, 3.63) is 64.4 Å². The molecule has 0 bridgehead atoms. The van der Waals surface area contributed by atoms with Gasteiger partial charge in [-0.3, -0.25) is 4.90 Å². The summed E-state index contributed by atoms with van der Waals surface area (Å²) in [6.07, 6.45) is 0. The molecule has 1 N–H and O–H groups in total. The molecule has 2 aromatic carbocycles. The molecular formula is C19H19ClFN3O. The lowest BCUT2D eigenvalue weighted by atomic mass is 10.0. The number of ether oxygens (including phenoxy) is 1. The van der Waals surface area contributed by atoms with Gasteiger partial charge in [-0.15, -0.1) is 0 Å². The highest BCUT2D eigenvalue weighted by molar-refractivity contribution is 6.30. The lowest BCUT2D eigenvalue weighted by Gasteiger charge is -2.35. The van der Waals surface area contributed by atoms with E-state index in [1.54, 1.807) is 12.1 Å². The van der Waals surface area contributed by atoms with Crippen molar-refractivity contribution in [3.63, 3.8) is 0 Å². The van der Waals surface area contributed by atoms with Gasteiger partial charge in [0.05, 0.1) is 24.9 Å². The zero-order chi connectivity index (χ0) is 17.6. The molecule has 0 amide bonds. The monoisotopic (exact) mass is 359 g/mol. The fourth-order valence-electron chi connectivity index (χ4n) is 3.02. The molecule has 0 aromatic heterocycles. The molecular weight excluding hydrogens is 341 g/mol. The summed E-state index contributed by atoms with van der Waals surface area (Å²) in [4.78, 5) is 2.32. The third kappa shape index (κ3) is 4.29. The Labute approximate surface area is 151 Å². The lowest BCUT2D eigenvalue weighted by Crippen LogP contribution is -2.41. The summed E-state index contributed by atoms with van der Waals surface area (Å²) < 4.78 is 19.2. The van der Waals surface area contributed by atoms with Gasteiger partial charge in [0.2, 0.25) is 0 Å². The minimum Gasteiger partial charge on any atom is -0.382 e. The van der Waals surface area contributed by atoms with Crippen LogP contribution in [0.15, 0.2) is 42.5 Å². The predicted molar refractivity (Wildman–Crippen MR) is 96.2 cm³/mol. The second-order valence-electron chi connectivity index (χ2n) is 5.87. The summed E-state index contributed by atoms with van der Waals surface area (Å²) in [5, 5.41) is 13.1. The number of rotatable bonds is 5. The fraction of sp³-hybridized carbons (Fsp3) is 0.316. The van der Waals surface area contributed by atoms with Crippen LogP contribution in [0, 0.1) is 17.1 Å². The van der Waals surface area contributed by atoms with Crippen LogP contribution in [0.2, 0.25) is 5.02 Å². The van der Waals surface area contributed by atoms with Crippen LogP contribution in [0.25, 0.3) is 0 Å². The molecule has 2 aromatic rings. The van der Waals surface area contributed by atoms with Crippen molar-refractivity contribution in [2.24, 2.45) is 0 Å². The van der Waals surface area contributed by atoms with Gasteiger partial charge >= 0.3 is 0 Å². The van der Waals surface area contributed by atoms with E-state index in [2.05, 4.69) is 10.2 Å². The normalized spacial score (nSPS) is 16.2. The van der Waals surface area contributed by atoms with Gasteiger partial charge < -0.3 is 10.1 Å². The van der Waals surface area contributed by atoms with Crippen LogP contribution in [0.4, 0.5) is 10.1 Å². The Kier molecular flexibility index (Phi) is 5.87. The molecule has 6 heteroatoms. The summed E-state index contributed by atoms with van der Waals surface area (Å²) in [7, 11) is 0. The number of halogens is 2. The Hall–Kier alpha value is -2.13. The third-order valence-electron chi connectivity index (χ3n) is 4.35. The van der Waals surface area contributed by atoms with E-state index in [0.29, 0.717) is 30.5 Å². The second kappa shape index (κ2) is 8.30. The van der Waals surface area contributed by atoms with Crippen LogP contribution < -0.4 is 5.32 Å². The minimum absolute atomic E-state index is 0.0410. The molecule has 0 radical (unpaired) electrons. The van der Waals surface area contributed by atoms with Crippen LogP contribution in [-0.4, -0.2) is 37.7 Å². The van der Waals surface area contributed by atoms with Gasteiger partial charge in [-0.2, -0.15) is 5.26 Å². The maximum atomic E-state index is 13.8. The number of morpholine rings is 1. The average Bonchev–Trinajstić information content (AvgIpc) is 2.64. The van der Waals surface area contributed by atoms with E-state index in [0.717, 1.165) is 18.7 Å². The number of nitrogens with one attached hydrogen (secondary N) is 1. The van der Waals surface area contributed by atoms with Crippen molar-refractivity contribution in [2.45, 2.75) is 6.04 Å². The van der Waals surface area contributed by atoms with Crippen LogP contribution in [0.3, 0.4) is 0 Å². The van der Waals surface area contributed by atoms with Crippen molar-refractivity contribution >= 4 is 17.3 Å². The number of hydrogen-bond donors (Lipinski definition) is 1. The first kappa shape index (κ1) is 17.7. The molecule has 1 fully saturated rings. The number of benzene rings is 2. The van der Waals surface area contributed by atoms with Crippen LogP contribution >= 0.6 is 11.6 Å². The number of nitriles is 1. The molecule has 1 atom stereocenters. The van der Waals surface area contributed by atoms with E-state index < -0.39 is 5.82 Å². The first-order valence-electron chi connectivity index (χ1n) is 8.19. The maximum Gasteiger partial charge on any atom is 0.143 e. The van der Waals surface area contributed by atoms with Crippen molar-refractivity contribution < 1.29 is 9.13 Å². The summed E-state index contributed by atoms with van der Waals surface area (Å²) in [6, 6.07) is 14.4. The topological polar surface area (TPSA) is 48.3 Å². The van der Waals surface area contributed by atoms with Gasteiger partial charge in [0.15, 0.2) is 0 Å². The Morgan fingerprint density at radius 1 is 1.20 bits per heavy atom. The molecule has 0 saturated carbocycles. The molecule has 130 valence electrons. The van der Waals surface area contributed by atoms with E-state index in [1.165, 1.54) is 6.07 Å². The molecule has 1 heterocycles. The maximum absolute atomic E-state index is 13.8. The summed E-state index contributed by atoms with van der Waals surface area (Å²) in [5.74, 6) is -0.512. The van der Waals surface area contributed by atoms with E-state index >= 15 is 0 Å². The van der Waals surface area contributed by atoms with Crippen LogP contribution in [0.5, 0.6) is 0 Å². The third-order valence-corrected chi connectivity index (χ3v) is 4.60. The largest absolute Gasteiger partial charge is 0.382 e. The molecule has 0 spiro atoms. The van der Waals surface area contributed by atoms with Crippen LogP contribution in [-0.2, 0) is 4.74 Å². The highest BCUT2D eigenvalue weighted by Crippen LogP contribution is 2.25. The first-order chi connectivity index (χ1) is 12.2. The quantitative estimate of drug-likeness (QED) is 0.881. The van der Waals surface area contributed by atoms with E-state index in [9.17, 15) is 9.65 Å². The minimum atomic E-state index is -0.512. The average molecular weight is 360 g/mol. The number of anilines is 1. The highest BCUT2D eigenvalue weighted by Gasteiger charge is 2.23. The van der Waals surface area contributed by atoms with Crippen molar-refractivity contribution in [2.75, 3.05) is 38.2 Å². The Morgan fingerprint density at radius 2 is 1.92 bits per heavy atom. The van der Waals surface area contributed by atoms with Gasteiger partial charge in [0.25, 0.3) is 0 Å². The zero-order valence-corrected chi connectivity index (χ0v) is 14.5. The first-order valence-corrected chi connectivity index (χ1v) is 8.56. The molecule has 1 unspecified atom stereocenters. The lowest BCUT2D eigenvalue weighted by molar-refractivity contribution is 0.0187. The van der Waals surface area contributed by atoms with Crippen molar-refractivity contribution in [3.8, 4) is 6.07 Å². The standard InChI is InChI=1S/C19H19ClFN3O/c20-15-6-4-14(5-7-15)19(24-8-10-25-11-9-24)13-23-18-3-1-2-17(21)16(18)12-22/h1-7,19,23H,8-11,13H2. The van der Waals surface area contributed by atoms with Gasteiger partial charge in [-0.05, 0) is 29.8 Å². The number of nitrogens with zero attached hydrogens (tertiary/aromatic N) is 2. The summed E-state index contributed by atoms with van der Waals surface area (Å²) in [6.45, 7) is 3.58. The van der Waals surface area contributed by atoms with Crippen molar-refractivity contribution in [1.82, 2.24) is 4.90 Å². The molecule has 1 aliphatic heterocycles. The summed E-state index contributed by atoms with van der Waals surface area (Å²) in [5.41, 5.74) is 1.67. The van der Waals surface area contributed by atoms with E-state index in [-0.39, 0.29) is 11.6 Å². The Bertz CT molecular complexity index is 754.